The van der Waals surface area contributed by atoms with Crippen molar-refractivity contribution in [3.05, 3.63) is 65.5 Å². The fourth-order valence-electron chi connectivity index (χ4n) is 4.03. The van der Waals surface area contributed by atoms with E-state index in [0.717, 1.165) is 5.69 Å². The van der Waals surface area contributed by atoms with Crippen LogP contribution in [0.3, 0.4) is 0 Å². The zero-order valence-electron chi connectivity index (χ0n) is 18.4. The maximum atomic E-state index is 14.1. The summed E-state index contributed by atoms with van der Waals surface area (Å²) in [4.78, 5) is 22.9. The molecular formula is C24H26FN5O2. The normalized spacial score (nSPS) is 13.8. The molecule has 1 saturated carbocycles. The van der Waals surface area contributed by atoms with E-state index in [1.807, 2.05) is 23.8 Å². The maximum Gasteiger partial charge on any atom is 0.234 e. The van der Waals surface area contributed by atoms with Crippen molar-refractivity contribution in [2.24, 2.45) is 0 Å². The number of halogens is 1. The lowest BCUT2D eigenvalue weighted by Gasteiger charge is -2.08. The lowest BCUT2D eigenvalue weighted by Crippen LogP contribution is -1.97. The Balaban J connectivity index is 0.000000230. The molecule has 1 fully saturated rings. The predicted molar refractivity (Wildman–Crippen MR) is 121 cm³/mol. The second-order valence-corrected chi connectivity index (χ2v) is 7.95. The average Bonchev–Trinajstić information content (AvgIpc) is 3.53. The largest absolute Gasteiger partial charge is 0.438 e. The summed E-state index contributed by atoms with van der Waals surface area (Å²) in [7, 11) is 1.82. The van der Waals surface area contributed by atoms with Crippen molar-refractivity contribution < 1.29 is 13.6 Å². The number of anilines is 1. The minimum atomic E-state index is -0.275. The summed E-state index contributed by atoms with van der Waals surface area (Å²) in [6.45, 7) is 3.44. The zero-order valence-corrected chi connectivity index (χ0v) is 18.4. The topological polar surface area (TPSA) is 85.3 Å². The summed E-state index contributed by atoms with van der Waals surface area (Å²) in [6.07, 6.45) is 11.6. The lowest BCUT2D eigenvalue weighted by molar-refractivity contribution is 0.109. The molecule has 0 unspecified atom stereocenters. The molecule has 0 saturated heterocycles. The Kier molecular flexibility index (Phi) is 6.30. The minimum absolute atomic E-state index is 0.275. The number of rotatable bonds is 4. The standard InChI is InChI=1S/C18H19FN4.C6H7NO2/c1-20-14-6-7-16(19)15(8-14)17-11-23-10-13(9-21-18(23)22-17)12-4-2-3-5-12;1-4-6(3-8)9-5(2)7-4/h6-12,20H,2-5H2,1H3;3H,1-2H3. The molecule has 0 atom stereocenters. The molecule has 0 spiro atoms. The third kappa shape index (κ3) is 4.54. The van der Waals surface area contributed by atoms with Crippen LogP contribution < -0.4 is 5.32 Å². The van der Waals surface area contributed by atoms with Crippen LogP contribution in [0.15, 0.2) is 41.2 Å². The number of aromatic nitrogens is 4. The number of carbonyl (C=O) groups is 1. The summed E-state index contributed by atoms with van der Waals surface area (Å²) in [5.41, 5.74) is 3.87. The molecule has 4 aromatic rings. The van der Waals surface area contributed by atoms with Crippen molar-refractivity contribution in [1.29, 1.82) is 0 Å². The maximum absolute atomic E-state index is 14.1. The number of aryl methyl sites for hydroxylation is 2. The number of carbonyl (C=O) groups excluding carboxylic acids is 1. The van der Waals surface area contributed by atoms with Crippen LogP contribution in [0, 0.1) is 19.7 Å². The molecule has 1 aromatic carbocycles. The molecular weight excluding hydrogens is 409 g/mol. The summed E-state index contributed by atoms with van der Waals surface area (Å²) < 4.78 is 20.9. The molecule has 166 valence electrons. The molecule has 0 amide bonds. The summed E-state index contributed by atoms with van der Waals surface area (Å²) in [5.74, 6) is 1.80. The number of imidazole rings is 1. The van der Waals surface area contributed by atoms with Crippen LogP contribution in [0.2, 0.25) is 0 Å². The van der Waals surface area contributed by atoms with Crippen LogP contribution in [0.4, 0.5) is 10.1 Å². The highest BCUT2D eigenvalue weighted by atomic mass is 19.1. The Labute approximate surface area is 185 Å². The molecule has 0 radical (unpaired) electrons. The predicted octanol–water partition coefficient (Wildman–Crippen LogP) is 5.34. The second-order valence-electron chi connectivity index (χ2n) is 7.95. The van der Waals surface area contributed by atoms with Gasteiger partial charge >= 0.3 is 0 Å². The average molecular weight is 436 g/mol. The van der Waals surface area contributed by atoms with Crippen molar-refractivity contribution in [1.82, 2.24) is 19.4 Å². The van der Waals surface area contributed by atoms with E-state index >= 15 is 0 Å². The van der Waals surface area contributed by atoms with E-state index in [2.05, 4.69) is 26.5 Å². The first kappa shape index (κ1) is 21.7. The number of benzene rings is 1. The first-order valence-corrected chi connectivity index (χ1v) is 10.7. The molecule has 7 nitrogen and oxygen atoms in total. The van der Waals surface area contributed by atoms with Crippen molar-refractivity contribution in [2.75, 3.05) is 12.4 Å². The van der Waals surface area contributed by atoms with Gasteiger partial charge in [0.05, 0.1) is 11.4 Å². The summed E-state index contributed by atoms with van der Waals surface area (Å²) in [6, 6.07) is 4.95. The highest BCUT2D eigenvalue weighted by Crippen LogP contribution is 2.34. The fourth-order valence-corrected chi connectivity index (χ4v) is 4.03. The Bertz CT molecular complexity index is 1240. The number of aldehydes is 1. The SMILES string of the molecule is CNc1ccc(F)c(-c2cn3cc(C4CCCC4)cnc3n2)c1.Cc1nc(C)c(C=O)o1. The van der Waals surface area contributed by atoms with Crippen molar-refractivity contribution in [3.63, 3.8) is 0 Å². The van der Waals surface area contributed by atoms with Crippen LogP contribution in [-0.4, -0.2) is 32.7 Å². The summed E-state index contributed by atoms with van der Waals surface area (Å²) in [5, 5.41) is 3.03. The van der Waals surface area contributed by atoms with Gasteiger partial charge in [-0.2, -0.15) is 0 Å². The van der Waals surface area contributed by atoms with Crippen LogP contribution in [0.5, 0.6) is 0 Å². The van der Waals surface area contributed by atoms with E-state index < -0.39 is 0 Å². The molecule has 1 aliphatic rings. The Morgan fingerprint density at radius 1 is 1.19 bits per heavy atom. The van der Waals surface area contributed by atoms with Crippen LogP contribution in [0.1, 0.15) is 59.3 Å². The van der Waals surface area contributed by atoms with Crippen molar-refractivity contribution in [2.45, 2.75) is 45.4 Å². The molecule has 3 heterocycles. The molecule has 1 N–H and O–H groups in total. The smallest absolute Gasteiger partial charge is 0.234 e. The van der Waals surface area contributed by atoms with E-state index in [0.29, 0.717) is 46.6 Å². The molecule has 32 heavy (non-hydrogen) atoms. The quantitative estimate of drug-likeness (QED) is 0.436. The van der Waals surface area contributed by atoms with Gasteiger partial charge < -0.3 is 9.73 Å². The van der Waals surface area contributed by atoms with E-state index in [4.69, 9.17) is 4.42 Å². The molecule has 3 aromatic heterocycles. The number of hydrogen-bond donors (Lipinski definition) is 1. The number of oxazole rings is 1. The Hall–Kier alpha value is -3.55. The lowest BCUT2D eigenvalue weighted by atomic mass is 10.0. The number of hydrogen-bond acceptors (Lipinski definition) is 6. The van der Waals surface area contributed by atoms with Crippen LogP contribution in [0.25, 0.3) is 17.0 Å². The van der Waals surface area contributed by atoms with E-state index in [9.17, 15) is 9.18 Å². The van der Waals surface area contributed by atoms with Gasteiger partial charge in [-0.05, 0) is 49.4 Å². The van der Waals surface area contributed by atoms with Crippen LogP contribution >= 0.6 is 0 Å². The fraction of sp³-hybridized carbons (Fsp3) is 0.333. The molecule has 0 bridgehead atoms. The van der Waals surface area contributed by atoms with Gasteiger partial charge in [0, 0.05) is 43.8 Å². The number of nitrogens with zero attached hydrogens (tertiary/aromatic N) is 4. The van der Waals surface area contributed by atoms with Gasteiger partial charge in [-0.1, -0.05) is 12.8 Å². The molecule has 5 rings (SSSR count). The highest BCUT2D eigenvalue weighted by molar-refractivity contribution is 5.71. The number of fused-ring (bicyclic) bond motifs is 1. The van der Waals surface area contributed by atoms with Crippen LogP contribution in [-0.2, 0) is 0 Å². The third-order valence-electron chi connectivity index (χ3n) is 5.73. The monoisotopic (exact) mass is 435 g/mol. The Morgan fingerprint density at radius 3 is 2.59 bits per heavy atom. The van der Waals surface area contributed by atoms with Gasteiger partial charge in [-0.15, -0.1) is 0 Å². The van der Waals surface area contributed by atoms with Gasteiger partial charge in [-0.3, -0.25) is 9.20 Å². The highest BCUT2D eigenvalue weighted by Gasteiger charge is 2.18. The minimum Gasteiger partial charge on any atom is -0.438 e. The molecule has 8 heteroatoms. The van der Waals surface area contributed by atoms with Gasteiger partial charge in [0.1, 0.15) is 5.82 Å². The van der Waals surface area contributed by atoms with E-state index in [1.165, 1.54) is 37.3 Å². The Morgan fingerprint density at radius 2 is 1.97 bits per heavy atom. The van der Waals surface area contributed by atoms with Gasteiger partial charge in [0.25, 0.3) is 0 Å². The zero-order chi connectivity index (χ0) is 22.7. The summed E-state index contributed by atoms with van der Waals surface area (Å²) >= 11 is 0. The van der Waals surface area contributed by atoms with Gasteiger partial charge in [0.2, 0.25) is 5.78 Å². The van der Waals surface area contributed by atoms with Gasteiger partial charge in [0.15, 0.2) is 17.9 Å². The van der Waals surface area contributed by atoms with E-state index in [-0.39, 0.29) is 5.82 Å². The number of nitrogens with one attached hydrogen (secondary N) is 1. The second kappa shape index (κ2) is 9.30. The first-order valence-electron chi connectivity index (χ1n) is 10.7. The first-order chi connectivity index (χ1) is 15.5. The van der Waals surface area contributed by atoms with Crippen molar-refractivity contribution in [3.8, 4) is 11.3 Å². The van der Waals surface area contributed by atoms with Crippen molar-refractivity contribution >= 4 is 17.8 Å². The van der Waals surface area contributed by atoms with E-state index in [1.54, 1.807) is 26.0 Å². The molecule has 1 aliphatic carbocycles. The molecule has 0 aliphatic heterocycles. The third-order valence-corrected chi connectivity index (χ3v) is 5.73. The van der Waals surface area contributed by atoms with Gasteiger partial charge in [-0.25, -0.2) is 19.3 Å².